The second-order valence-electron chi connectivity index (χ2n) is 4.89. The van der Waals surface area contributed by atoms with Crippen molar-refractivity contribution in [1.82, 2.24) is 0 Å². The third-order valence-electron chi connectivity index (χ3n) is 3.85. The van der Waals surface area contributed by atoms with Crippen LogP contribution in [0, 0.1) is 15.5 Å². The Balaban J connectivity index is 2.52. The number of cyclic esters (lactones) is 1. The Kier molecular flexibility index (Phi) is 3.83. The number of nitrogens with zero attached hydrogens (tertiary/aromatic N) is 1. The first-order valence-electron chi connectivity index (χ1n) is 6.33. The van der Waals surface area contributed by atoms with Gasteiger partial charge in [0.15, 0.2) is 0 Å². The highest BCUT2D eigenvalue weighted by atomic mass is 16.6. The van der Waals surface area contributed by atoms with E-state index in [1.165, 1.54) is 6.92 Å². The average Bonchev–Trinajstić information content (AvgIpc) is 2.79. The van der Waals surface area contributed by atoms with Gasteiger partial charge >= 0.3 is 5.97 Å². The SMILES string of the molecule is CC(=O)C1([C@H](C[N+](=O)[O-])c2ccccc2)CCOC1=O. The molecule has 1 unspecified atom stereocenters. The normalized spacial score (nSPS) is 23.1. The summed E-state index contributed by atoms with van der Waals surface area (Å²) in [7, 11) is 0. The van der Waals surface area contributed by atoms with E-state index in [1.54, 1.807) is 30.3 Å². The summed E-state index contributed by atoms with van der Waals surface area (Å²) in [6, 6.07) is 8.64. The first-order valence-corrected chi connectivity index (χ1v) is 6.33. The number of carbonyl (C=O) groups excluding carboxylic acids is 2. The molecule has 0 radical (unpaired) electrons. The molecule has 1 aromatic rings. The Bertz CT molecular complexity index is 542. The van der Waals surface area contributed by atoms with E-state index in [-0.39, 0.29) is 18.8 Å². The van der Waals surface area contributed by atoms with Crippen LogP contribution in [0.15, 0.2) is 30.3 Å². The summed E-state index contributed by atoms with van der Waals surface area (Å²) < 4.78 is 4.93. The standard InChI is InChI=1S/C14H15NO5/c1-10(16)14(7-8-20-13(14)17)12(9-15(18)19)11-5-3-2-4-6-11/h2-6,12H,7-9H2,1H3/t12-,14?/m1/s1. The molecule has 0 N–H and O–H groups in total. The van der Waals surface area contributed by atoms with E-state index in [0.29, 0.717) is 5.56 Å². The van der Waals surface area contributed by atoms with Crippen LogP contribution in [0.5, 0.6) is 0 Å². The third-order valence-corrected chi connectivity index (χ3v) is 3.85. The fourth-order valence-electron chi connectivity index (χ4n) is 2.80. The van der Waals surface area contributed by atoms with Crippen molar-refractivity contribution in [2.45, 2.75) is 19.3 Å². The quantitative estimate of drug-likeness (QED) is 0.353. The average molecular weight is 277 g/mol. The van der Waals surface area contributed by atoms with Crippen molar-refractivity contribution < 1.29 is 19.2 Å². The van der Waals surface area contributed by atoms with Crippen molar-refractivity contribution in [1.29, 1.82) is 0 Å². The minimum Gasteiger partial charge on any atom is -0.465 e. The summed E-state index contributed by atoms with van der Waals surface area (Å²) in [5.41, 5.74) is -0.827. The first kappa shape index (κ1) is 14.2. The second kappa shape index (κ2) is 5.40. The van der Waals surface area contributed by atoms with Crippen molar-refractivity contribution in [3.63, 3.8) is 0 Å². The predicted molar refractivity (Wildman–Crippen MR) is 69.7 cm³/mol. The van der Waals surface area contributed by atoms with E-state index >= 15 is 0 Å². The number of ether oxygens (including phenoxy) is 1. The Morgan fingerprint density at radius 2 is 2.10 bits per heavy atom. The molecule has 1 saturated heterocycles. The van der Waals surface area contributed by atoms with E-state index in [0.717, 1.165) is 0 Å². The van der Waals surface area contributed by atoms with E-state index < -0.39 is 28.8 Å². The molecule has 2 atom stereocenters. The molecule has 1 heterocycles. The summed E-state index contributed by atoms with van der Waals surface area (Å²) in [6.45, 7) is 0.945. The fourth-order valence-corrected chi connectivity index (χ4v) is 2.80. The molecule has 6 nitrogen and oxygen atoms in total. The van der Waals surface area contributed by atoms with Gasteiger partial charge in [0.25, 0.3) is 0 Å². The zero-order chi connectivity index (χ0) is 14.8. The molecule has 0 aromatic heterocycles. The number of esters is 1. The molecule has 2 rings (SSSR count). The van der Waals surface area contributed by atoms with Crippen molar-refractivity contribution in [3.05, 3.63) is 46.0 Å². The molecule has 6 heteroatoms. The lowest BCUT2D eigenvalue weighted by molar-refractivity contribution is -0.485. The molecule has 106 valence electrons. The number of hydrogen-bond donors (Lipinski definition) is 0. The van der Waals surface area contributed by atoms with Crippen LogP contribution in [0.25, 0.3) is 0 Å². The maximum absolute atomic E-state index is 12.1. The van der Waals surface area contributed by atoms with E-state index in [4.69, 9.17) is 4.74 Å². The van der Waals surface area contributed by atoms with Crippen LogP contribution < -0.4 is 0 Å². The van der Waals surface area contributed by atoms with Gasteiger partial charge in [-0.2, -0.15) is 0 Å². The van der Waals surface area contributed by atoms with E-state index in [2.05, 4.69) is 0 Å². The number of hydrogen-bond acceptors (Lipinski definition) is 5. The highest BCUT2D eigenvalue weighted by molar-refractivity contribution is 6.04. The molecule has 0 aliphatic carbocycles. The van der Waals surface area contributed by atoms with Crippen molar-refractivity contribution in [2.75, 3.05) is 13.2 Å². The van der Waals surface area contributed by atoms with Gasteiger partial charge in [-0.3, -0.25) is 19.7 Å². The van der Waals surface area contributed by atoms with Gasteiger partial charge in [0.1, 0.15) is 11.2 Å². The zero-order valence-corrected chi connectivity index (χ0v) is 11.1. The summed E-state index contributed by atoms with van der Waals surface area (Å²) in [6.07, 6.45) is 0.189. The van der Waals surface area contributed by atoms with Crippen molar-refractivity contribution >= 4 is 11.8 Å². The molecule has 1 aliphatic rings. The fraction of sp³-hybridized carbons (Fsp3) is 0.429. The lowest BCUT2D eigenvalue weighted by Gasteiger charge is -2.29. The molecular weight excluding hydrogens is 262 g/mol. The van der Waals surface area contributed by atoms with Crippen LogP contribution in [-0.4, -0.2) is 29.8 Å². The molecular formula is C14H15NO5. The molecule has 0 spiro atoms. The zero-order valence-electron chi connectivity index (χ0n) is 11.1. The number of nitro groups is 1. The van der Waals surface area contributed by atoms with Crippen molar-refractivity contribution in [2.24, 2.45) is 5.41 Å². The Morgan fingerprint density at radius 3 is 2.55 bits per heavy atom. The molecule has 1 fully saturated rings. The summed E-state index contributed by atoms with van der Waals surface area (Å²) in [5, 5.41) is 11.0. The van der Waals surface area contributed by atoms with Crippen LogP contribution in [0.2, 0.25) is 0 Å². The topological polar surface area (TPSA) is 86.5 Å². The van der Waals surface area contributed by atoms with E-state index in [1.807, 2.05) is 0 Å². The number of ketones is 1. The minimum absolute atomic E-state index is 0.124. The largest absolute Gasteiger partial charge is 0.465 e. The van der Waals surface area contributed by atoms with E-state index in [9.17, 15) is 19.7 Å². The number of carbonyl (C=O) groups is 2. The molecule has 0 amide bonds. The molecule has 1 aromatic carbocycles. The Hall–Kier alpha value is -2.24. The van der Waals surface area contributed by atoms with Crippen LogP contribution >= 0.6 is 0 Å². The Morgan fingerprint density at radius 1 is 1.45 bits per heavy atom. The third kappa shape index (κ3) is 2.29. The van der Waals surface area contributed by atoms with Gasteiger partial charge in [-0.1, -0.05) is 30.3 Å². The van der Waals surface area contributed by atoms with Gasteiger partial charge < -0.3 is 4.74 Å². The van der Waals surface area contributed by atoms with Gasteiger partial charge in [-0.25, -0.2) is 0 Å². The van der Waals surface area contributed by atoms with Crippen LogP contribution in [0.1, 0.15) is 24.8 Å². The number of Topliss-reactive ketones (excluding diaryl/α,β-unsaturated/α-hetero) is 1. The molecule has 0 saturated carbocycles. The smallest absolute Gasteiger partial charge is 0.320 e. The summed E-state index contributed by atoms with van der Waals surface area (Å²) in [4.78, 5) is 34.6. The lowest BCUT2D eigenvalue weighted by atomic mass is 9.68. The van der Waals surface area contributed by atoms with Gasteiger partial charge in [-0.05, 0) is 12.5 Å². The number of benzene rings is 1. The lowest BCUT2D eigenvalue weighted by Crippen LogP contribution is -2.43. The molecule has 1 aliphatic heterocycles. The second-order valence-corrected chi connectivity index (χ2v) is 4.89. The molecule has 20 heavy (non-hydrogen) atoms. The Labute approximate surface area is 115 Å². The highest BCUT2D eigenvalue weighted by Gasteiger charge is 2.56. The molecule has 0 bridgehead atoms. The predicted octanol–water partition coefficient (Wildman–Crippen LogP) is 1.57. The van der Waals surface area contributed by atoms with Gasteiger partial charge in [-0.15, -0.1) is 0 Å². The minimum atomic E-state index is -1.44. The van der Waals surface area contributed by atoms with Crippen LogP contribution in [0.3, 0.4) is 0 Å². The van der Waals surface area contributed by atoms with Crippen molar-refractivity contribution in [3.8, 4) is 0 Å². The number of rotatable bonds is 5. The van der Waals surface area contributed by atoms with Crippen LogP contribution in [-0.2, 0) is 14.3 Å². The van der Waals surface area contributed by atoms with Gasteiger partial charge in [0.05, 0.1) is 12.5 Å². The van der Waals surface area contributed by atoms with Gasteiger partial charge in [0.2, 0.25) is 6.54 Å². The summed E-state index contributed by atoms with van der Waals surface area (Å²) >= 11 is 0. The highest BCUT2D eigenvalue weighted by Crippen LogP contribution is 2.44. The van der Waals surface area contributed by atoms with Gasteiger partial charge in [0, 0.05) is 11.3 Å². The maximum Gasteiger partial charge on any atom is 0.320 e. The maximum atomic E-state index is 12.1. The van der Waals surface area contributed by atoms with Crippen LogP contribution in [0.4, 0.5) is 0 Å². The first-order chi connectivity index (χ1) is 9.48. The monoisotopic (exact) mass is 277 g/mol. The summed E-state index contributed by atoms with van der Waals surface area (Å²) in [5.74, 6) is -1.83.